The zero-order chi connectivity index (χ0) is 13.1. The molecule has 94 valence electrons. The highest BCUT2D eigenvalue weighted by atomic mass is 35.5. The molecule has 7 heteroatoms. The van der Waals surface area contributed by atoms with Crippen LogP contribution >= 0.6 is 11.6 Å². The normalized spacial score (nSPS) is 11.4. The van der Waals surface area contributed by atoms with E-state index in [2.05, 4.69) is 5.32 Å². The Labute approximate surface area is 100 Å². The number of halogens is 4. The second-order valence-electron chi connectivity index (χ2n) is 3.17. The molecule has 0 heterocycles. The first-order valence-corrected chi connectivity index (χ1v) is 5.00. The second-order valence-corrected chi connectivity index (χ2v) is 3.60. The molecule has 1 amide bonds. The lowest BCUT2D eigenvalue weighted by Gasteiger charge is -2.12. The smallest absolute Gasteiger partial charge is 0.395 e. The summed E-state index contributed by atoms with van der Waals surface area (Å²) in [5.41, 5.74) is -1.62. The molecule has 0 unspecified atom stereocenters. The quantitative estimate of drug-likeness (QED) is 0.881. The molecular weight excluding hydrogens is 259 g/mol. The molecule has 0 bridgehead atoms. The molecule has 1 aromatic carbocycles. The van der Waals surface area contributed by atoms with Gasteiger partial charge in [0.2, 0.25) is 0 Å². The Kier molecular flexibility index (Phi) is 4.36. The van der Waals surface area contributed by atoms with E-state index in [1.807, 2.05) is 0 Å². The van der Waals surface area contributed by atoms with E-state index in [0.29, 0.717) is 6.07 Å². The summed E-state index contributed by atoms with van der Waals surface area (Å²) in [4.78, 5) is 11.4. The molecule has 0 fully saturated rings. The Morgan fingerprint density at radius 3 is 2.59 bits per heavy atom. The third kappa shape index (κ3) is 3.61. The number of hydrogen-bond acceptors (Lipinski definition) is 2. The summed E-state index contributed by atoms with van der Waals surface area (Å²) in [7, 11) is 0. The topological polar surface area (TPSA) is 49.3 Å². The van der Waals surface area contributed by atoms with Gasteiger partial charge in [-0.25, -0.2) is 0 Å². The number of benzene rings is 1. The lowest BCUT2D eigenvalue weighted by molar-refractivity contribution is -0.137. The van der Waals surface area contributed by atoms with Gasteiger partial charge in [0, 0.05) is 11.6 Å². The summed E-state index contributed by atoms with van der Waals surface area (Å²) < 4.78 is 37.9. The molecule has 0 aliphatic heterocycles. The standard InChI is InChI=1S/C10H9ClF3NO2/c11-6-1-2-7(9(17)15-3-4-16)8(5-6)10(12,13)14/h1-2,5,16H,3-4H2,(H,15,17). The van der Waals surface area contributed by atoms with Crippen LogP contribution in [0.1, 0.15) is 15.9 Å². The zero-order valence-corrected chi connectivity index (χ0v) is 9.27. The molecule has 0 radical (unpaired) electrons. The van der Waals surface area contributed by atoms with Gasteiger partial charge in [-0.3, -0.25) is 4.79 Å². The Balaban J connectivity index is 3.11. The Morgan fingerprint density at radius 1 is 1.41 bits per heavy atom. The summed E-state index contributed by atoms with van der Waals surface area (Å²) in [6.07, 6.45) is -4.66. The maximum atomic E-state index is 12.6. The third-order valence-electron chi connectivity index (χ3n) is 1.93. The number of alkyl halides is 3. The van der Waals surface area contributed by atoms with E-state index in [1.165, 1.54) is 6.07 Å². The number of rotatable bonds is 3. The van der Waals surface area contributed by atoms with Gasteiger partial charge in [-0.1, -0.05) is 11.6 Å². The first-order valence-electron chi connectivity index (χ1n) is 4.62. The van der Waals surface area contributed by atoms with E-state index < -0.39 is 23.2 Å². The molecule has 0 aromatic heterocycles. The van der Waals surface area contributed by atoms with E-state index in [1.54, 1.807) is 0 Å². The number of hydrogen-bond donors (Lipinski definition) is 2. The number of amides is 1. The van der Waals surface area contributed by atoms with Crippen LogP contribution in [0.5, 0.6) is 0 Å². The molecule has 1 rings (SSSR count). The van der Waals surface area contributed by atoms with E-state index in [-0.39, 0.29) is 18.2 Å². The summed E-state index contributed by atoms with van der Waals surface area (Å²) in [5, 5.41) is 10.5. The van der Waals surface area contributed by atoms with Crippen molar-refractivity contribution >= 4 is 17.5 Å². The fourth-order valence-corrected chi connectivity index (χ4v) is 1.39. The van der Waals surface area contributed by atoms with Crippen molar-refractivity contribution in [1.29, 1.82) is 0 Å². The van der Waals surface area contributed by atoms with Crippen molar-refractivity contribution in [3.05, 3.63) is 34.3 Å². The van der Waals surface area contributed by atoms with Gasteiger partial charge in [-0.05, 0) is 18.2 Å². The lowest BCUT2D eigenvalue weighted by Crippen LogP contribution is -2.28. The molecule has 1 aromatic rings. The average molecular weight is 268 g/mol. The van der Waals surface area contributed by atoms with Crippen molar-refractivity contribution in [1.82, 2.24) is 5.32 Å². The van der Waals surface area contributed by atoms with Crippen LogP contribution in [0.4, 0.5) is 13.2 Å². The molecule has 0 aliphatic rings. The third-order valence-corrected chi connectivity index (χ3v) is 2.16. The van der Waals surface area contributed by atoms with Gasteiger partial charge in [0.05, 0.1) is 17.7 Å². The number of aliphatic hydroxyl groups is 1. The molecule has 0 atom stereocenters. The average Bonchev–Trinajstić information content (AvgIpc) is 2.24. The molecule has 3 nitrogen and oxygen atoms in total. The van der Waals surface area contributed by atoms with Crippen molar-refractivity contribution in [2.45, 2.75) is 6.18 Å². The van der Waals surface area contributed by atoms with Gasteiger partial charge in [0.1, 0.15) is 0 Å². The molecule has 0 saturated carbocycles. The van der Waals surface area contributed by atoms with Gasteiger partial charge < -0.3 is 10.4 Å². The lowest BCUT2D eigenvalue weighted by atomic mass is 10.1. The maximum absolute atomic E-state index is 12.6. The van der Waals surface area contributed by atoms with Crippen LogP contribution in [0.3, 0.4) is 0 Å². The van der Waals surface area contributed by atoms with Gasteiger partial charge in [0.25, 0.3) is 5.91 Å². The highest BCUT2D eigenvalue weighted by molar-refractivity contribution is 6.30. The highest BCUT2D eigenvalue weighted by Gasteiger charge is 2.35. The zero-order valence-electron chi connectivity index (χ0n) is 8.51. The van der Waals surface area contributed by atoms with Crippen molar-refractivity contribution in [3.63, 3.8) is 0 Å². The Morgan fingerprint density at radius 2 is 2.06 bits per heavy atom. The number of nitrogens with one attached hydrogen (secondary N) is 1. The largest absolute Gasteiger partial charge is 0.417 e. The van der Waals surface area contributed by atoms with Crippen LogP contribution in [-0.2, 0) is 6.18 Å². The van der Waals surface area contributed by atoms with E-state index in [4.69, 9.17) is 16.7 Å². The fraction of sp³-hybridized carbons (Fsp3) is 0.300. The summed E-state index contributed by atoms with van der Waals surface area (Å²) in [6.45, 7) is -0.459. The van der Waals surface area contributed by atoms with Gasteiger partial charge in [-0.15, -0.1) is 0 Å². The van der Waals surface area contributed by atoms with Gasteiger partial charge in [0.15, 0.2) is 0 Å². The predicted octanol–water partition coefficient (Wildman–Crippen LogP) is 2.08. The minimum Gasteiger partial charge on any atom is -0.395 e. The number of aliphatic hydroxyl groups excluding tert-OH is 1. The predicted molar refractivity (Wildman–Crippen MR) is 55.9 cm³/mol. The minimum absolute atomic E-state index is 0.101. The molecule has 0 spiro atoms. The van der Waals surface area contributed by atoms with Crippen LogP contribution < -0.4 is 5.32 Å². The van der Waals surface area contributed by atoms with Crippen LogP contribution in [0.2, 0.25) is 5.02 Å². The van der Waals surface area contributed by atoms with Crippen LogP contribution in [0.15, 0.2) is 18.2 Å². The van der Waals surface area contributed by atoms with Gasteiger partial charge in [-0.2, -0.15) is 13.2 Å². The van der Waals surface area contributed by atoms with Gasteiger partial charge >= 0.3 is 6.18 Å². The first kappa shape index (κ1) is 13.8. The molecule has 2 N–H and O–H groups in total. The van der Waals surface area contributed by atoms with Crippen LogP contribution in [0, 0.1) is 0 Å². The van der Waals surface area contributed by atoms with E-state index in [0.717, 1.165) is 6.07 Å². The molecule has 0 saturated heterocycles. The molecular formula is C10H9ClF3NO2. The summed E-state index contributed by atoms with van der Waals surface area (Å²) in [5.74, 6) is -0.900. The first-order chi connectivity index (χ1) is 7.86. The highest BCUT2D eigenvalue weighted by Crippen LogP contribution is 2.33. The van der Waals surface area contributed by atoms with Crippen LogP contribution in [0.25, 0.3) is 0 Å². The second kappa shape index (κ2) is 5.37. The Bertz CT molecular complexity index is 421. The summed E-state index contributed by atoms with van der Waals surface area (Å²) >= 11 is 5.46. The van der Waals surface area contributed by atoms with Crippen molar-refractivity contribution < 1.29 is 23.1 Å². The Hall–Kier alpha value is -1.27. The van der Waals surface area contributed by atoms with Crippen LogP contribution in [-0.4, -0.2) is 24.2 Å². The SMILES string of the molecule is O=C(NCCO)c1ccc(Cl)cc1C(F)(F)F. The number of carbonyl (C=O) groups excluding carboxylic acids is 1. The van der Waals surface area contributed by atoms with E-state index >= 15 is 0 Å². The summed E-state index contributed by atoms with van der Waals surface area (Å²) in [6, 6.07) is 2.89. The fourth-order valence-electron chi connectivity index (χ4n) is 1.21. The van der Waals surface area contributed by atoms with E-state index in [9.17, 15) is 18.0 Å². The molecule has 17 heavy (non-hydrogen) atoms. The minimum atomic E-state index is -4.66. The maximum Gasteiger partial charge on any atom is 0.417 e. The monoisotopic (exact) mass is 267 g/mol. The van der Waals surface area contributed by atoms with Crippen molar-refractivity contribution in [3.8, 4) is 0 Å². The molecule has 0 aliphatic carbocycles. The van der Waals surface area contributed by atoms with Crippen molar-refractivity contribution in [2.24, 2.45) is 0 Å². The number of carbonyl (C=O) groups is 1. The van der Waals surface area contributed by atoms with Crippen molar-refractivity contribution in [2.75, 3.05) is 13.2 Å².